The maximum atomic E-state index is 11.5. The van der Waals surface area contributed by atoms with Crippen molar-refractivity contribution in [3.63, 3.8) is 0 Å². The number of thioether (sulfide) groups is 1. The van der Waals surface area contributed by atoms with Gasteiger partial charge < -0.3 is 15.5 Å². The van der Waals surface area contributed by atoms with E-state index in [1.54, 1.807) is 18.0 Å². The lowest BCUT2D eigenvalue weighted by Crippen LogP contribution is -2.53. The van der Waals surface area contributed by atoms with E-state index in [0.717, 1.165) is 36.7 Å². The van der Waals surface area contributed by atoms with Gasteiger partial charge >= 0.3 is 0 Å². The van der Waals surface area contributed by atoms with Crippen molar-refractivity contribution in [2.24, 2.45) is 5.73 Å². The van der Waals surface area contributed by atoms with Crippen molar-refractivity contribution in [3.8, 4) is 0 Å². The van der Waals surface area contributed by atoms with E-state index in [2.05, 4.69) is 12.2 Å². The van der Waals surface area contributed by atoms with Crippen LogP contribution in [-0.2, 0) is 10.5 Å². The zero-order valence-electron chi connectivity index (χ0n) is 11.1. The maximum absolute atomic E-state index is 11.5. The van der Waals surface area contributed by atoms with Crippen LogP contribution in [0.2, 0.25) is 0 Å². The Labute approximate surface area is 113 Å². The van der Waals surface area contributed by atoms with Gasteiger partial charge in [0.2, 0.25) is 5.91 Å². The Balaban J connectivity index is 2.31. The molecule has 5 heteroatoms. The van der Waals surface area contributed by atoms with Crippen LogP contribution in [0.1, 0.15) is 32.4 Å². The van der Waals surface area contributed by atoms with Gasteiger partial charge in [0.15, 0.2) is 0 Å². The Morgan fingerprint density at radius 3 is 2.94 bits per heavy atom. The van der Waals surface area contributed by atoms with Crippen molar-refractivity contribution >= 4 is 17.7 Å². The van der Waals surface area contributed by atoms with Crippen molar-refractivity contribution in [2.45, 2.75) is 38.0 Å². The van der Waals surface area contributed by atoms with Crippen molar-refractivity contribution in [3.05, 3.63) is 24.2 Å². The first-order chi connectivity index (χ1) is 8.58. The molecule has 0 aliphatic carbocycles. The number of hydrogen-bond acceptors (Lipinski definition) is 4. The summed E-state index contributed by atoms with van der Waals surface area (Å²) in [5, 5.41) is 3.23. The number of hydrogen-bond donors (Lipinski definition) is 2. The van der Waals surface area contributed by atoms with Gasteiger partial charge in [0.1, 0.15) is 5.76 Å². The normalized spacial score (nSPS) is 14.3. The third-order valence-corrected chi connectivity index (χ3v) is 3.86. The van der Waals surface area contributed by atoms with Gasteiger partial charge in [-0.3, -0.25) is 4.79 Å². The molecule has 1 heterocycles. The summed E-state index contributed by atoms with van der Waals surface area (Å²) in [7, 11) is 0. The zero-order valence-corrected chi connectivity index (χ0v) is 11.9. The molecule has 1 unspecified atom stereocenters. The standard InChI is InChI=1S/C13H22N2O2S/c1-3-7-15-13(2,12(14)16)6-9-18-10-11-5-4-8-17-11/h4-5,8,15H,3,6-7,9-10H2,1-2H3,(H2,14,16). The number of nitrogens with one attached hydrogen (secondary N) is 1. The molecule has 0 aromatic carbocycles. The fourth-order valence-corrected chi connectivity index (χ4v) is 2.61. The predicted octanol–water partition coefficient (Wildman–Crippen LogP) is 2.15. The Morgan fingerprint density at radius 2 is 2.39 bits per heavy atom. The first-order valence-corrected chi connectivity index (χ1v) is 7.39. The Hall–Kier alpha value is -0.940. The summed E-state index contributed by atoms with van der Waals surface area (Å²) in [6, 6.07) is 3.84. The van der Waals surface area contributed by atoms with E-state index < -0.39 is 5.54 Å². The minimum atomic E-state index is -0.605. The fraction of sp³-hybridized carbons (Fsp3) is 0.615. The number of amides is 1. The maximum Gasteiger partial charge on any atom is 0.237 e. The largest absolute Gasteiger partial charge is 0.468 e. The third-order valence-electron chi connectivity index (χ3n) is 2.88. The average Bonchev–Trinajstić information content (AvgIpc) is 2.85. The second-order valence-electron chi connectivity index (χ2n) is 4.51. The molecule has 0 aliphatic rings. The molecule has 0 fully saturated rings. The lowest BCUT2D eigenvalue weighted by molar-refractivity contribution is -0.123. The van der Waals surface area contributed by atoms with Crippen LogP contribution in [0.4, 0.5) is 0 Å². The SMILES string of the molecule is CCCNC(C)(CCSCc1ccco1)C(N)=O. The molecule has 1 aromatic heterocycles. The van der Waals surface area contributed by atoms with Crippen LogP contribution in [-0.4, -0.2) is 23.7 Å². The summed E-state index contributed by atoms with van der Waals surface area (Å²) in [6.45, 7) is 4.75. The number of carbonyl (C=O) groups excluding carboxylic acids is 1. The molecule has 0 saturated heterocycles. The van der Waals surface area contributed by atoms with E-state index in [4.69, 9.17) is 10.2 Å². The highest BCUT2D eigenvalue weighted by Crippen LogP contribution is 2.18. The molecule has 0 spiro atoms. The Kier molecular flexibility index (Phi) is 6.29. The summed E-state index contributed by atoms with van der Waals surface area (Å²) in [5.41, 5.74) is 4.85. The highest BCUT2D eigenvalue weighted by Gasteiger charge is 2.29. The van der Waals surface area contributed by atoms with E-state index in [1.165, 1.54) is 0 Å². The summed E-state index contributed by atoms with van der Waals surface area (Å²) in [6.07, 6.45) is 3.39. The van der Waals surface area contributed by atoms with E-state index in [0.29, 0.717) is 0 Å². The molecule has 1 atom stereocenters. The molecule has 0 radical (unpaired) electrons. The quantitative estimate of drug-likeness (QED) is 0.675. The van der Waals surface area contributed by atoms with E-state index in [-0.39, 0.29) is 5.91 Å². The van der Waals surface area contributed by atoms with Gasteiger partial charge in [-0.2, -0.15) is 11.8 Å². The first-order valence-electron chi connectivity index (χ1n) is 6.23. The van der Waals surface area contributed by atoms with Crippen LogP contribution >= 0.6 is 11.8 Å². The molecule has 0 saturated carbocycles. The predicted molar refractivity (Wildman–Crippen MR) is 75.4 cm³/mol. The average molecular weight is 270 g/mol. The van der Waals surface area contributed by atoms with Crippen LogP contribution in [0.25, 0.3) is 0 Å². The summed E-state index contributed by atoms with van der Waals surface area (Å²) < 4.78 is 5.25. The van der Waals surface area contributed by atoms with Gasteiger partial charge in [0.25, 0.3) is 0 Å². The van der Waals surface area contributed by atoms with Crippen LogP contribution in [0.5, 0.6) is 0 Å². The lowest BCUT2D eigenvalue weighted by atomic mass is 9.98. The molecule has 102 valence electrons. The van der Waals surface area contributed by atoms with Crippen LogP contribution in [0.15, 0.2) is 22.8 Å². The van der Waals surface area contributed by atoms with Gasteiger partial charge in [0, 0.05) is 0 Å². The van der Waals surface area contributed by atoms with Crippen molar-refractivity contribution in [1.82, 2.24) is 5.32 Å². The van der Waals surface area contributed by atoms with Crippen LogP contribution in [0.3, 0.4) is 0 Å². The fourth-order valence-electron chi connectivity index (χ4n) is 1.54. The smallest absolute Gasteiger partial charge is 0.237 e. The molecule has 1 amide bonds. The summed E-state index contributed by atoms with van der Waals surface area (Å²) >= 11 is 1.75. The van der Waals surface area contributed by atoms with Crippen molar-refractivity contribution < 1.29 is 9.21 Å². The molecular formula is C13H22N2O2S. The number of nitrogens with two attached hydrogens (primary N) is 1. The van der Waals surface area contributed by atoms with Crippen molar-refractivity contribution in [1.29, 1.82) is 0 Å². The van der Waals surface area contributed by atoms with E-state index in [1.807, 2.05) is 19.1 Å². The molecule has 1 rings (SSSR count). The monoisotopic (exact) mass is 270 g/mol. The van der Waals surface area contributed by atoms with Crippen molar-refractivity contribution in [2.75, 3.05) is 12.3 Å². The molecule has 3 N–H and O–H groups in total. The van der Waals surface area contributed by atoms with Gasteiger partial charge in [-0.1, -0.05) is 6.92 Å². The molecule has 0 bridgehead atoms. The first kappa shape index (κ1) is 15.1. The number of rotatable bonds is 9. The third kappa shape index (κ3) is 4.74. The molecule has 4 nitrogen and oxygen atoms in total. The Morgan fingerprint density at radius 1 is 1.61 bits per heavy atom. The molecule has 1 aromatic rings. The van der Waals surface area contributed by atoms with E-state index >= 15 is 0 Å². The lowest BCUT2D eigenvalue weighted by Gasteiger charge is -2.27. The zero-order chi connectivity index (χ0) is 13.4. The van der Waals surface area contributed by atoms with Gasteiger partial charge in [-0.05, 0) is 44.2 Å². The van der Waals surface area contributed by atoms with Gasteiger partial charge in [-0.25, -0.2) is 0 Å². The highest BCUT2D eigenvalue weighted by molar-refractivity contribution is 7.98. The number of carbonyl (C=O) groups is 1. The minimum Gasteiger partial charge on any atom is -0.468 e. The second kappa shape index (κ2) is 7.48. The molecule has 18 heavy (non-hydrogen) atoms. The summed E-state index contributed by atoms with van der Waals surface area (Å²) in [5.74, 6) is 2.38. The second-order valence-corrected chi connectivity index (χ2v) is 5.61. The van der Waals surface area contributed by atoms with Gasteiger partial charge in [0.05, 0.1) is 17.6 Å². The number of furan rings is 1. The van der Waals surface area contributed by atoms with Crippen LogP contribution < -0.4 is 11.1 Å². The molecular weight excluding hydrogens is 248 g/mol. The van der Waals surface area contributed by atoms with Gasteiger partial charge in [-0.15, -0.1) is 0 Å². The topological polar surface area (TPSA) is 68.3 Å². The molecule has 0 aliphatic heterocycles. The Bertz CT molecular complexity index is 354. The highest BCUT2D eigenvalue weighted by atomic mass is 32.2. The number of primary amides is 1. The summed E-state index contributed by atoms with van der Waals surface area (Å²) in [4.78, 5) is 11.5. The van der Waals surface area contributed by atoms with E-state index in [9.17, 15) is 4.79 Å². The van der Waals surface area contributed by atoms with Crippen LogP contribution in [0, 0.1) is 0 Å². The minimum absolute atomic E-state index is 0.283.